The third-order valence-corrected chi connectivity index (χ3v) is 0. The molecule has 0 aliphatic heterocycles. The van der Waals surface area contributed by atoms with E-state index in [1.807, 2.05) is 0 Å². The van der Waals surface area contributed by atoms with E-state index < -0.39 is 0 Å². The van der Waals surface area contributed by atoms with Crippen LogP contribution in [0.25, 0.3) is 0 Å². The second-order valence-electron chi connectivity index (χ2n) is 0. The zero-order valence-corrected chi connectivity index (χ0v) is 148. The molecule has 0 saturated heterocycles. The Hall–Kier alpha value is 58.9. The molecular weight excluding hydrogens is 1410 g/mol. The van der Waals surface area contributed by atoms with Crippen molar-refractivity contribution in [2.45, 2.75) is 0 Å². The van der Waals surface area contributed by atoms with E-state index in [0.717, 1.165) is 0 Å². The van der Waals surface area contributed by atoms with Crippen molar-refractivity contribution >= 4 is 0 Å². The van der Waals surface area contributed by atoms with Gasteiger partial charge in [0, 0.05) is 0 Å². The molecule has 0 N–H and O–H groups in total. The van der Waals surface area contributed by atoms with Crippen molar-refractivity contribution < 1.29 is 1850 Å². The van der Waals surface area contributed by atoms with Crippen molar-refractivity contribution in [1.29, 1.82) is 0 Å². The first-order valence-electron chi connectivity index (χ1n) is 0. The molecular formula is K36+36. The summed E-state index contributed by atoms with van der Waals surface area (Å²) in [6.07, 6.45) is 0. The van der Waals surface area contributed by atoms with E-state index in [-0.39, 0.29) is 1850 Å². The second-order valence-corrected chi connectivity index (χ2v) is 0. The van der Waals surface area contributed by atoms with Crippen LogP contribution in [0.1, 0.15) is 0 Å². The summed E-state index contributed by atoms with van der Waals surface area (Å²) in [5.41, 5.74) is 0. The molecule has 0 bridgehead atoms. The molecule has 0 aliphatic carbocycles. The minimum atomic E-state index is 0. The van der Waals surface area contributed by atoms with Crippen LogP contribution in [-0.2, 0) is 0 Å². The molecule has 0 saturated carbocycles. The molecule has 0 atom stereocenters. The summed E-state index contributed by atoms with van der Waals surface area (Å²) in [5, 5.41) is 0. The first kappa shape index (κ1) is 241. The SMILES string of the molecule is [K+].[K+].[K+].[K+].[K+].[K+].[K+].[K+].[K+].[K+].[K+].[K+].[K+].[K+].[K+].[K+].[K+].[K+].[K+].[K+].[K+].[K+].[K+].[K+].[K+].[K+].[K+].[K+].[K+].[K+].[K+].[K+].[K+].[K+].[K+].[K+]. The van der Waals surface area contributed by atoms with Gasteiger partial charge in [-0.05, 0) is 0 Å². The van der Waals surface area contributed by atoms with Crippen molar-refractivity contribution in [3.63, 3.8) is 0 Å². The Kier molecular flexibility index (Phi) is 1570. The van der Waals surface area contributed by atoms with E-state index >= 15 is 0 Å². The van der Waals surface area contributed by atoms with Gasteiger partial charge in [0.15, 0.2) is 0 Å². The third kappa shape index (κ3) is 226. The summed E-state index contributed by atoms with van der Waals surface area (Å²) < 4.78 is 0. The van der Waals surface area contributed by atoms with E-state index in [1.165, 1.54) is 0 Å². The Morgan fingerprint density at radius 1 is 0.0278 bits per heavy atom. The van der Waals surface area contributed by atoms with Crippen LogP contribution in [0, 0.1) is 0 Å². The molecule has 0 fully saturated rings. The molecule has 0 rings (SSSR count). The molecule has 0 radical (unpaired) electrons. The van der Waals surface area contributed by atoms with Gasteiger partial charge in [0.1, 0.15) is 0 Å². The molecule has 0 amide bonds. The fourth-order valence-electron chi connectivity index (χ4n) is 0. The van der Waals surface area contributed by atoms with Crippen molar-refractivity contribution in [3.05, 3.63) is 0 Å². The molecule has 0 nitrogen and oxygen atoms in total. The van der Waals surface area contributed by atoms with Gasteiger partial charge in [-0.2, -0.15) is 0 Å². The summed E-state index contributed by atoms with van der Waals surface area (Å²) in [5.74, 6) is 0. The Morgan fingerprint density at radius 2 is 0.0278 bits per heavy atom. The summed E-state index contributed by atoms with van der Waals surface area (Å²) in [6, 6.07) is 0. The van der Waals surface area contributed by atoms with Gasteiger partial charge in [-0.3, -0.25) is 0 Å². The fourth-order valence-corrected chi connectivity index (χ4v) is 0. The van der Waals surface area contributed by atoms with Crippen LogP contribution in [0.4, 0.5) is 0 Å². The molecule has 0 aromatic carbocycles. The van der Waals surface area contributed by atoms with Crippen molar-refractivity contribution in [3.8, 4) is 0 Å². The van der Waals surface area contributed by atoms with E-state index in [9.17, 15) is 0 Å². The first-order valence-corrected chi connectivity index (χ1v) is 0. The van der Waals surface area contributed by atoms with E-state index in [4.69, 9.17) is 0 Å². The van der Waals surface area contributed by atoms with Gasteiger partial charge in [0.2, 0.25) is 0 Å². The number of hydrogen-bond donors (Lipinski definition) is 0. The zero-order chi connectivity index (χ0) is 0. The minimum Gasteiger partial charge on any atom is 1.00 e. The third-order valence-electron chi connectivity index (χ3n) is 0. The molecule has 0 aromatic heterocycles. The first-order chi connectivity index (χ1) is 0. The Balaban J connectivity index is 0. The molecule has 0 valence electrons. The molecule has 36 heavy (non-hydrogen) atoms. The predicted octanol–water partition coefficient (Wildman–Crippen LogP) is -108. The van der Waals surface area contributed by atoms with E-state index in [2.05, 4.69) is 0 Å². The summed E-state index contributed by atoms with van der Waals surface area (Å²) in [6.45, 7) is 0. The van der Waals surface area contributed by atoms with Gasteiger partial charge in [0.05, 0.1) is 0 Å². The van der Waals surface area contributed by atoms with Crippen molar-refractivity contribution in [2.75, 3.05) is 0 Å². The molecule has 0 heterocycles. The van der Waals surface area contributed by atoms with Gasteiger partial charge in [-0.1, -0.05) is 0 Å². The predicted molar refractivity (Wildman–Crippen MR) is 0 cm³/mol. The maximum atomic E-state index is 0. The Labute approximate surface area is 1760 Å². The minimum absolute atomic E-state index is 0. The topological polar surface area (TPSA) is 0 Å². The Bertz CT molecular complexity index is 0. The standard InChI is InChI=1S/36K/q36*+1. The van der Waals surface area contributed by atoms with Gasteiger partial charge in [-0.25, -0.2) is 0 Å². The van der Waals surface area contributed by atoms with Crippen LogP contribution in [0.5, 0.6) is 0 Å². The number of hydrogen-bond acceptors (Lipinski definition) is 0. The molecule has 0 spiro atoms. The number of rotatable bonds is 0. The van der Waals surface area contributed by atoms with Crippen molar-refractivity contribution in [2.24, 2.45) is 0 Å². The average Bonchev–Trinajstić information content (AvgIpc) is 0. The smallest absolute Gasteiger partial charge is 1.00 e. The summed E-state index contributed by atoms with van der Waals surface area (Å²) >= 11 is 0. The average molecular weight is 1410 g/mol. The maximum Gasteiger partial charge on any atom is 1.00 e. The monoisotopic (exact) mass is 1400 g/mol. The van der Waals surface area contributed by atoms with Gasteiger partial charge >= 0.3 is 1850 Å². The van der Waals surface area contributed by atoms with Crippen LogP contribution in [-0.4, -0.2) is 0 Å². The molecule has 0 unspecified atom stereocenters. The normalized spacial score (nSPS) is 0. The maximum absolute atomic E-state index is 0. The van der Waals surface area contributed by atoms with Crippen LogP contribution < -0.4 is 1850 Å². The molecule has 0 aromatic rings. The van der Waals surface area contributed by atoms with E-state index in [0.29, 0.717) is 0 Å². The van der Waals surface area contributed by atoms with Crippen LogP contribution in [0.2, 0.25) is 0 Å². The van der Waals surface area contributed by atoms with Gasteiger partial charge in [-0.15, -0.1) is 0 Å². The van der Waals surface area contributed by atoms with Gasteiger partial charge in [0.25, 0.3) is 0 Å². The summed E-state index contributed by atoms with van der Waals surface area (Å²) in [7, 11) is 0. The van der Waals surface area contributed by atoms with Crippen molar-refractivity contribution in [1.82, 2.24) is 0 Å². The van der Waals surface area contributed by atoms with E-state index in [1.54, 1.807) is 0 Å². The summed E-state index contributed by atoms with van der Waals surface area (Å²) in [4.78, 5) is 0. The largest absolute Gasteiger partial charge is 1.00 e. The van der Waals surface area contributed by atoms with Crippen LogP contribution >= 0.6 is 0 Å². The van der Waals surface area contributed by atoms with Gasteiger partial charge < -0.3 is 0 Å². The molecule has 0 aliphatic rings. The zero-order valence-electron chi connectivity index (χ0n) is 36.0. The molecule has 36 heteroatoms. The fraction of sp³-hybridized carbons (Fsp3) is 0. The Morgan fingerprint density at radius 3 is 0.0278 bits per heavy atom. The quantitative estimate of drug-likeness (QED) is 0.212. The van der Waals surface area contributed by atoms with Crippen LogP contribution in [0.3, 0.4) is 0 Å². The van der Waals surface area contributed by atoms with Crippen LogP contribution in [0.15, 0.2) is 0 Å². The second kappa shape index (κ2) is 234.